The minimum absolute atomic E-state index is 0. The molecule has 0 radical (unpaired) electrons. The molecule has 0 nitrogen and oxygen atoms in total. The van der Waals surface area contributed by atoms with Crippen LogP contribution in [0.4, 0.5) is 0 Å². The minimum Gasteiger partial charge on any atom is -0.0723 e. The number of fused-ring (bicyclic) bond motifs is 2. The third kappa shape index (κ3) is 2.09. The molecule has 2 aromatic carbocycles. The van der Waals surface area contributed by atoms with Gasteiger partial charge >= 0.3 is 0 Å². The Labute approximate surface area is 139 Å². The van der Waals surface area contributed by atoms with Gasteiger partial charge in [0.25, 0.3) is 0 Å². The molecule has 4 rings (SSSR count). The van der Waals surface area contributed by atoms with Gasteiger partial charge in [-0.1, -0.05) is 66.3 Å². The molecule has 0 aromatic heterocycles. The number of hydrogen-bond donors (Lipinski definition) is 0. The van der Waals surface area contributed by atoms with Crippen molar-refractivity contribution in [3.05, 3.63) is 81.9 Å². The number of rotatable bonds is 1. The summed E-state index contributed by atoms with van der Waals surface area (Å²) in [5.74, 6) is 0.474. The zero-order valence-corrected chi connectivity index (χ0v) is 14.0. The summed E-state index contributed by atoms with van der Waals surface area (Å²) in [6.07, 6.45) is 8.12. The van der Waals surface area contributed by atoms with E-state index < -0.39 is 0 Å². The van der Waals surface area contributed by atoms with Crippen LogP contribution in [0.25, 0.3) is 12.2 Å². The molecule has 0 heterocycles. The average molecular weight is 336 g/mol. The molecular weight excluding hydrogens is 319 g/mol. The Morgan fingerprint density at radius 3 is 2.70 bits per heavy atom. The van der Waals surface area contributed by atoms with E-state index in [2.05, 4.69) is 67.6 Å². The van der Waals surface area contributed by atoms with E-state index in [1.165, 1.54) is 33.4 Å². The van der Waals surface area contributed by atoms with E-state index in [1.807, 2.05) is 0 Å². The van der Waals surface area contributed by atoms with Crippen LogP contribution < -0.4 is 0 Å². The van der Waals surface area contributed by atoms with Crippen LogP contribution >= 0.6 is 0 Å². The van der Waals surface area contributed by atoms with Crippen LogP contribution in [0.2, 0.25) is 0 Å². The fraction of sp³-hybridized carbons (Fsp3) is 0.158. The quantitative estimate of drug-likeness (QED) is 0.706. The van der Waals surface area contributed by atoms with E-state index >= 15 is 0 Å². The molecule has 2 aliphatic rings. The summed E-state index contributed by atoms with van der Waals surface area (Å²) in [6, 6.07) is 15.4. The third-order valence-corrected chi connectivity index (χ3v) is 4.34. The molecular formula is C19H16Zr. The first-order chi connectivity index (χ1) is 9.33. The van der Waals surface area contributed by atoms with Crippen LogP contribution in [0.1, 0.15) is 33.7 Å². The van der Waals surface area contributed by atoms with Crippen molar-refractivity contribution in [3.8, 4) is 0 Å². The first-order valence-corrected chi connectivity index (χ1v) is 6.89. The van der Waals surface area contributed by atoms with Crippen LogP contribution in [0.3, 0.4) is 0 Å². The van der Waals surface area contributed by atoms with E-state index in [1.54, 1.807) is 0 Å². The van der Waals surface area contributed by atoms with Crippen LogP contribution in [-0.4, -0.2) is 0 Å². The van der Waals surface area contributed by atoms with Crippen LogP contribution in [0, 0.1) is 6.92 Å². The molecule has 0 fully saturated rings. The second kappa shape index (κ2) is 5.30. The number of aryl methyl sites for hydroxylation is 1. The Hall–Kier alpha value is -1.20. The van der Waals surface area contributed by atoms with Crippen LogP contribution in [0.5, 0.6) is 0 Å². The van der Waals surface area contributed by atoms with Gasteiger partial charge in [-0.25, -0.2) is 0 Å². The summed E-state index contributed by atoms with van der Waals surface area (Å²) in [7, 11) is 0. The molecule has 20 heavy (non-hydrogen) atoms. The largest absolute Gasteiger partial charge is 0.0723 e. The van der Waals surface area contributed by atoms with E-state index in [9.17, 15) is 0 Å². The molecule has 0 saturated carbocycles. The average Bonchev–Trinajstić information content (AvgIpc) is 3.02. The van der Waals surface area contributed by atoms with E-state index in [-0.39, 0.29) is 26.2 Å². The van der Waals surface area contributed by atoms with Gasteiger partial charge in [0.15, 0.2) is 0 Å². The standard InChI is InChI=1S/C19H16.Zr/c1-13-5-4-8-19-17(13)9-10-18(19)16-11-14-6-2-3-7-15(14)12-16;/h2-11,18H,12H2,1H3;. The van der Waals surface area contributed by atoms with Crippen molar-refractivity contribution in [3.63, 3.8) is 0 Å². The van der Waals surface area contributed by atoms with Gasteiger partial charge in [-0.05, 0) is 41.2 Å². The molecule has 1 unspecified atom stereocenters. The van der Waals surface area contributed by atoms with Gasteiger partial charge in [0.05, 0.1) is 0 Å². The first kappa shape index (κ1) is 13.8. The van der Waals surface area contributed by atoms with Crippen molar-refractivity contribution >= 4 is 12.2 Å². The fourth-order valence-electron chi connectivity index (χ4n) is 3.33. The Morgan fingerprint density at radius 2 is 1.85 bits per heavy atom. The fourth-order valence-corrected chi connectivity index (χ4v) is 3.33. The number of benzene rings is 2. The summed E-state index contributed by atoms with van der Waals surface area (Å²) >= 11 is 0. The normalized spacial score (nSPS) is 18.2. The van der Waals surface area contributed by atoms with Gasteiger partial charge in [-0.3, -0.25) is 0 Å². The van der Waals surface area contributed by atoms with E-state index in [0.29, 0.717) is 5.92 Å². The Balaban J connectivity index is 0.00000121. The maximum atomic E-state index is 2.38. The smallest absolute Gasteiger partial charge is 0.0244 e. The summed E-state index contributed by atoms with van der Waals surface area (Å²) in [5.41, 5.74) is 8.66. The maximum Gasteiger partial charge on any atom is 0.0244 e. The number of hydrogen-bond acceptors (Lipinski definition) is 0. The topological polar surface area (TPSA) is 0 Å². The van der Waals surface area contributed by atoms with Gasteiger partial charge < -0.3 is 0 Å². The molecule has 96 valence electrons. The Kier molecular flexibility index (Phi) is 3.65. The van der Waals surface area contributed by atoms with Gasteiger partial charge in [-0.15, -0.1) is 0 Å². The molecule has 0 bridgehead atoms. The van der Waals surface area contributed by atoms with Gasteiger partial charge in [0.2, 0.25) is 0 Å². The molecule has 1 heteroatoms. The molecule has 0 saturated heterocycles. The molecule has 0 spiro atoms. The summed E-state index contributed by atoms with van der Waals surface area (Å²) in [6.45, 7) is 2.20. The van der Waals surface area contributed by atoms with Crippen molar-refractivity contribution in [2.75, 3.05) is 0 Å². The third-order valence-electron chi connectivity index (χ3n) is 4.34. The zero-order valence-electron chi connectivity index (χ0n) is 11.6. The summed E-state index contributed by atoms with van der Waals surface area (Å²) < 4.78 is 0. The SMILES string of the molecule is Cc1cccc2c1C=CC2C1=Cc2ccccc2C1.[Zr]. The second-order valence-electron chi connectivity index (χ2n) is 5.51. The minimum atomic E-state index is 0. The molecule has 0 N–H and O–H groups in total. The monoisotopic (exact) mass is 334 g/mol. The van der Waals surface area contributed by atoms with Gasteiger partial charge in [-0.2, -0.15) is 0 Å². The van der Waals surface area contributed by atoms with Crippen LogP contribution in [-0.2, 0) is 32.6 Å². The predicted octanol–water partition coefficient (Wildman–Crippen LogP) is 4.74. The van der Waals surface area contributed by atoms with E-state index in [0.717, 1.165) is 6.42 Å². The molecule has 1 atom stereocenters. The van der Waals surface area contributed by atoms with Crippen molar-refractivity contribution in [2.45, 2.75) is 19.3 Å². The molecule has 0 amide bonds. The number of allylic oxidation sites excluding steroid dienone is 2. The molecule has 2 aliphatic carbocycles. The molecule has 0 aliphatic heterocycles. The van der Waals surface area contributed by atoms with Crippen molar-refractivity contribution < 1.29 is 26.2 Å². The van der Waals surface area contributed by atoms with Gasteiger partial charge in [0, 0.05) is 32.1 Å². The zero-order chi connectivity index (χ0) is 12.8. The first-order valence-electron chi connectivity index (χ1n) is 6.89. The van der Waals surface area contributed by atoms with E-state index in [4.69, 9.17) is 0 Å². The predicted molar refractivity (Wildman–Crippen MR) is 81.1 cm³/mol. The maximum absolute atomic E-state index is 2.38. The van der Waals surface area contributed by atoms with Gasteiger partial charge in [0.1, 0.15) is 0 Å². The second-order valence-corrected chi connectivity index (χ2v) is 5.51. The Bertz CT molecular complexity index is 722. The van der Waals surface area contributed by atoms with Crippen molar-refractivity contribution in [1.82, 2.24) is 0 Å². The Morgan fingerprint density at radius 1 is 1.00 bits per heavy atom. The molecule has 2 aromatic rings. The van der Waals surface area contributed by atoms with Crippen LogP contribution in [0.15, 0.2) is 54.1 Å². The van der Waals surface area contributed by atoms with Crippen molar-refractivity contribution in [1.29, 1.82) is 0 Å². The van der Waals surface area contributed by atoms with Crippen molar-refractivity contribution in [2.24, 2.45) is 0 Å². The summed E-state index contributed by atoms with van der Waals surface area (Å²) in [5, 5.41) is 0. The summed E-state index contributed by atoms with van der Waals surface area (Å²) in [4.78, 5) is 0.